The number of aromatic amines is 1. The van der Waals surface area contributed by atoms with Gasteiger partial charge in [-0.1, -0.05) is 29.8 Å². The summed E-state index contributed by atoms with van der Waals surface area (Å²) < 4.78 is 0. The molecule has 1 unspecified atom stereocenters. The van der Waals surface area contributed by atoms with E-state index in [1.54, 1.807) is 11.0 Å². The summed E-state index contributed by atoms with van der Waals surface area (Å²) in [4.78, 5) is 20.4. The van der Waals surface area contributed by atoms with Gasteiger partial charge in [-0.3, -0.25) is 4.79 Å². The van der Waals surface area contributed by atoms with Crippen molar-refractivity contribution in [3.63, 3.8) is 0 Å². The number of carbonyl (C=O) groups excluding carboxylic acids is 1. The number of halogens is 3. The molecule has 144 valence electrons. The van der Waals surface area contributed by atoms with E-state index in [0.717, 1.165) is 5.56 Å². The van der Waals surface area contributed by atoms with E-state index in [-0.39, 0.29) is 36.7 Å². The molecule has 2 heterocycles. The molecule has 1 saturated heterocycles. The average Bonchev–Trinajstić information content (AvgIpc) is 3.03. The topological polar surface area (TPSA) is 117 Å². The van der Waals surface area contributed by atoms with Gasteiger partial charge in [-0.2, -0.15) is 4.98 Å². The third kappa shape index (κ3) is 5.14. The largest absolute Gasteiger partial charge is 0.368 e. The molecular formula is C15H22Cl3N7O. The fraction of sp³-hybridized carbons (Fsp3) is 0.400. The van der Waals surface area contributed by atoms with Gasteiger partial charge >= 0.3 is 0 Å². The molecule has 5 N–H and O–H groups in total. The highest BCUT2D eigenvalue weighted by Gasteiger charge is 2.27. The lowest BCUT2D eigenvalue weighted by atomic mass is 10.1. The Morgan fingerprint density at radius 3 is 2.46 bits per heavy atom. The molecule has 1 amide bonds. The molecule has 1 aromatic heterocycles. The summed E-state index contributed by atoms with van der Waals surface area (Å²) in [7, 11) is 0. The number of nitrogens with one attached hydrogen (secondary N) is 1. The first-order chi connectivity index (χ1) is 11.5. The Labute approximate surface area is 169 Å². The Morgan fingerprint density at radius 1 is 1.23 bits per heavy atom. The normalized spacial score (nSPS) is 15.0. The van der Waals surface area contributed by atoms with Crippen molar-refractivity contribution < 1.29 is 4.79 Å². The van der Waals surface area contributed by atoms with Crippen molar-refractivity contribution in [1.29, 1.82) is 0 Å². The molecule has 8 nitrogen and oxygen atoms in total. The molecular weight excluding hydrogens is 401 g/mol. The molecule has 0 saturated carbocycles. The van der Waals surface area contributed by atoms with Crippen molar-refractivity contribution in [3.05, 3.63) is 34.9 Å². The predicted molar refractivity (Wildman–Crippen MR) is 107 cm³/mol. The van der Waals surface area contributed by atoms with Crippen LogP contribution in [0.5, 0.6) is 0 Å². The van der Waals surface area contributed by atoms with Crippen molar-refractivity contribution in [2.24, 2.45) is 5.73 Å². The lowest BCUT2D eigenvalue weighted by molar-refractivity contribution is -0.132. The molecule has 1 atom stereocenters. The lowest BCUT2D eigenvalue weighted by Crippen LogP contribution is -2.54. The maximum atomic E-state index is 12.5. The number of hydrogen-bond donors (Lipinski definition) is 3. The third-order valence-electron chi connectivity index (χ3n) is 4.08. The maximum absolute atomic E-state index is 12.5. The minimum atomic E-state index is -0.601. The van der Waals surface area contributed by atoms with Crippen LogP contribution in [-0.2, 0) is 11.2 Å². The van der Waals surface area contributed by atoms with Crippen LogP contribution in [0.2, 0.25) is 5.02 Å². The highest BCUT2D eigenvalue weighted by atomic mass is 35.5. The van der Waals surface area contributed by atoms with E-state index < -0.39 is 6.04 Å². The van der Waals surface area contributed by atoms with Crippen LogP contribution in [0.4, 0.5) is 11.9 Å². The SMILES string of the molecule is Cl.Cl.Nc1nc(N2CCN(C(=O)C(N)Cc3ccccc3Cl)CC2)n[nH]1. The molecule has 11 heteroatoms. The van der Waals surface area contributed by atoms with Gasteiger partial charge in [-0.15, -0.1) is 29.9 Å². The van der Waals surface area contributed by atoms with Gasteiger partial charge in [0, 0.05) is 31.2 Å². The Morgan fingerprint density at radius 2 is 1.88 bits per heavy atom. The molecule has 0 aliphatic carbocycles. The van der Waals surface area contributed by atoms with Crippen LogP contribution >= 0.6 is 36.4 Å². The Balaban J connectivity index is 0.00000169. The molecule has 1 aliphatic rings. The molecule has 0 bridgehead atoms. The zero-order valence-corrected chi connectivity index (χ0v) is 16.4. The summed E-state index contributed by atoms with van der Waals surface area (Å²) in [6.45, 7) is 2.43. The minimum absolute atomic E-state index is 0. The molecule has 1 fully saturated rings. The molecule has 0 radical (unpaired) electrons. The zero-order valence-electron chi connectivity index (χ0n) is 14.0. The number of rotatable bonds is 4. The van der Waals surface area contributed by atoms with Crippen LogP contribution in [0.25, 0.3) is 0 Å². The van der Waals surface area contributed by atoms with Gasteiger partial charge in [0.25, 0.3) is 0 Å². The quantitative estimate of drug-likeness (QED) is 0.679. The summed E-state index contributed by atoms with van der Waals surface area (Å²) in [6, 6.07) is 6.83. The standard InChI is InChI=1S/C15H20ClN7O.2ClH/c16-11-4-2-1-3-10(11)9-12(17)13(24)22-5-7-23(8-6-22)15-19-14(18)20-21-15;;/h1-4,12H,5-9,17H2,(H3,18,19,20,21);2*1H. The fourth-order valence-electron chi connectivity index (χ4n) is 2.76. The predicted octanol–water partition coefficient (Wildman–Crippen LogP) is 1.10. The Bertz CT molecular complexity index is 719. The number of H-pyrrole nitrogens is 1. The Kier molecular flexibility index (Phi) is 8.42. The highest BCUT2D eigenvalue weighted by Crippen LogP contribution is 2.17. The van der Waals surface area contributed by atoms with Crippen molar-refractivity contribution >= 4 is 54.2 Å². The number of aromatic nitrogens is 3. The highest BCUT2D eigenvalue weighted by molar-refractivity contribution is 6.31. The van der Waals surface area contributed by atoms with Crippen LogP contribution < -0.4 is 16.4 Å². The summed E-state index contributed by atoms with van der Waals surface area (Å²) in [5.41, 5.74) is 12.5. The van der Waals surface area contributed by atoms with Gasteiger partial charge in [0.2, 0.25) is 17.8 Å². The lowest BCUT2D eigenvalue weighted by Gasteiger charge is -2.35. The molecule has 1 aliphatic heterocycles. The summed E-state index contributed by atoms with van der Waals surface area (Å²) in [6.07, 6.45) is 0.427. The van der Waals surface area contributed by atoms with Gasteiger partial charge in [-0.25, -0.2) is 5.10 Å². The molecule has 1 aromatic carbocycles. The number of benzene rings is 1. The second-order valence-electron chi connectivity index (χ2n) is 5.74. The van der Waals surface area contributed by atoms with E-state index in [4.69, 9.17) is 23.1 Å². The second-order valence-corrected chi connectivity index (χ2v) is 6.14. The van der Waals surface area contributed by atoms with Gasteiger partial charge in [0.1, 0.15) is 0 Å². The van der Waals surface area contributed by atoms with E-state index in [0.29, 0.717) is 43.6 Å². The molecule has 2 aromatic rings. The van der Waals surface area contributed by atoms with Crippen LogP contribution in [0.1, 0.15) is 5.56 Å². The number of amides is 1. The minimum Gasteiger partial charge on any atom is -0.368 e. The van der Waals surface area contributed by atoms with E-state index in [2.05, 4.69) is 15.2 Å². The van der Waals surface area contributed by atoms with E-state index in [9.17, 15) is 4.79 Å². The fourth-order valence-corrected chi connectivity index (χ4v) is 2.97. The first kappa shape index (κ1) is 22.3. The third-order valence-corrected chi connectivity index (χ3v) is 4.45. The maximum Gasteiger partial charge on any atom is 0.246 e. The van der Waals surface area contributed by atoms with Gasteiger partial charge < -0.3 is 21.3 Å². The molecule has 26 heavy (non-hydrogen) atoms. The van der Waals surface area contributed by atoms with Crippen LogP contribution in [0.3, 0.4) is 0 Å². The number of hydrogen-bond acceptors (Lipinski definition) is 6. The van der Waals surface area contributed by atoms with Crippen LogP contribution in [0.15, 0.2) is 24.3 Å². The van der Waals surface area contributed by atoms with Crippen molar-refractivity contribution in [1.82, 2.24) is 20.1 Å². The monoisotopic (exact) mass is 421 g/mol. The van der Waals surface area contributed by atoms with E-state index in [1.807, 2.05) is 23.1 Å². The number of carbonyl (C=O) groups is 1. The first-order valence-electron chi connectivity index (χ1n) is 7.75. The second kappa shape index (κ2) is 9.82. The van der Waals surface area contributed by atoms with Crippen LogP contribution in [-0.4, -0.2) is 58.2 Å². The van der Waals surface area contributed by atoms with Gasteiger partial charge in [0.05, 0.1) is 6.04 Å². The van der Waals surface area contributed by atoms with Crippen molar-refractivity contribution in [2.45, 2.75) is 12.5 Å². The number of piperazine rings is 1. The van der Waals surface area contributed by atoms with Gasteiger partial charge in [-0.05, 0) is 18.1 Å². The number of anilines is 2. The summed E-state index contributed by atoms with van der Waals surface area (Å²) >= 11 is 6.13. The smallest absolute Gasteiger partial charge is 0.246 e. The van der Waals surface area contributed by atoms with E-state index in [1.165, 1.54) is 0 Å². The zero-order chi connectivity index (χ0) is 17.1. The number of nitrogen functional groups attached to an aromatic ring is 1. The van der Waals surface area contributed by atoms with Crippen molar-refractivity contribution in [2.75, 3.05) is 36.8 Å². The van der Waals surface area contributed by atoms with Crippen LogP contribution in [0, 0.1) is 0 Å². The number of nitrogens with zero attached hydrogens (tertiary/aromatic N) is 4. The number of nitrogens with two attached hydrogens (primary N) is 2. The molecule has 3 rings (SSSR count). The molecule has 0 spiro atoms. The van der Waals surface area contributed by atoms with Gasteiger partial charge in [0.15, 0.2) is 0 Å². The first-order valence-corrected chi connectivity index (χ1v) is 8.13. The summed E-state index contributed by atoms with van der Waals surface area (Å²) in [5, 5.41) is 7.28. The summed E-state index contributed by atoms with van der Waals surface area (Å²) in [5.74, 6) is 0.773. The Hall–Kier alpha value is -1.74. The van der Waals surface area contributed by atoms with E-state index >= 15 is 0 Å². The average molecular weight is 423 g/mol. The van der Waals surface area contributed by atoms with Crippen molar-refractivity contribution in [3.8, 4) is 0 Å².